The number of nitro groups is 1. The Morgan fingerprint density at radius 2 is 1.73 bits per heavy atom. The van der Waals surface area contributed by atoms with Crippen LogP contribution in [-0.2, 0) is 10.0 Å². The van der Waals surface area contributed by atoms with E-state index in [1.54, 1.807) is 31.2 Å². The molecule has 0 heterocycles. The maximum atomic E-state index is 12.4. The summed E-state index contributed by atoms with van der Waals surface area (Å²) in [4.78, 5) is 9.88. The summed E-state index contributed by atoms with van der Waals surface area (Å²) >= 11 is 5.79. The first-order valence-electron chi connectivity index (χ1n) is 6.32. The molecule has 0 saturated carbocycles. The minimum atomic E-state index is -4.02. The Bertz CT molecular complexity index is 791. The van der Waals surface area contributed by atoms with Crippen molar-refractivity contribution < 1.29 is 13.3 Å². The van der Waals surface area contributed by atoms with E-state index < -0.39 is 26.7 Å². The second-order valence-corrected chi connectivity index (χ2v) is 6.74. The van der Waals surface area contributed by atoms with Gasteiger partial charge in [-0.15, -0.1) is 0 Å². The molecule has 0 aliphatic heterocycles. The SMILES string of the molecule is CC(NS(=O)(=O)c1ccccc1[N+](=O)[O-])c1ccc(Cl)cc1. The maximum absolute atomic E-state index is 12.4. The van der Waals surface area contributed by atoms with Crippen LogP contribution >= 0.6 is 11.6 Å². The van der Waals surface area contributed by atoms with Crippen LogP contribution in [0.3, 0.4) is 0 Å². The minimum Gasteiger partial charge on any atom is -0.258 e. The number of nitrogens with zero attached hydrogens (tertiary/aromatic N) is 1. The van der Waals surface area contributed by atoms with Crippen LogP contribution in [0.4, 0.5) is 5.69 Å². The third-order valence-corrected chi connectivity index (χ3v) is 4.89. The van der Waals surface area contributed by atoms with Crippen molar-refractivity contribution in [1.82, 2.24) is 4.72 Å². The Labute approximate surface area is 132 Å². The van der Waals surface area contributed by atoms with Crippen LogP contribution in [0.2, 0.25) is 5.02 Å². The number of rotatable bonds is 5. The third-order valence-electron chi connectivity index (χ3n) is 3.05. The Balaban J connectivity index is 2.32. The molecule has 0 amide bonds. The van der Waals surface area contributed by atoms with Gasteiger partial charge in [0.1, 0.15) is 0 Å². The molecule has 0 aliphatic rings. The van der Waals surface area contributed by atoms with E-state index in [4.69, 9.17) is 11.6 Å². The van der Waals surface area contributed by atoms with E-state index in [2.05, 4.69) is 4.72 Å². The zero-order chi connectivity index (χ0) is 16.3. The lowest BCUT2D eigenvalue weighted by atomic mass is 10.1. The van der Waals surface area contributed by atoms with Gasteiger partial charge in [0.25, 0.3) is 5.69 Å². The van der Waals surface area contributed by atoms with Gasteiger partial charge in [0.05, 0.1) is 4.92 Å². The fourth-order valence-corrected chi connectivity index (χ4v) is 3.48. The number of nitrogens with one attached hydrogen (secondary N) is 1. The molecular formula is C14H13ClN2O4S. The van der Waals surface area contributed by atoms with E-state index in [0.717, 1.165) is 6.07 Å². The summed E-state index contributed by atoms with van der Waals surface area (Å²) in [7, 11) is -4.02. The highest BCUT2D eigenvalue weighted by atomic mass is 35.5. The van der Waals surface area contributed by atoms with Gasteiger partial charge in [0.2, 0.25) is 10.0 Å². The highest BCUT2D eigenvalue weighted by molar-refractivity contribution is 7.89. The van der Waals surface area contributed by atoms with Crippen LogP contribution in [0.1, 0.15) is 18.5 Å². The standard InChI is InChI=1S/C14H13ClN2O4S/c1-10(11-6-8-12(15)9-7-11)16-22(20,21)14-5-3-2-4-13(14)17(18)19/h2-10,16H,1H3. The number of hydrogen-bond donors (Lipinski definition) is 1. The van der Waals surface area contributed by atoms with E-state index >= 15 is 0 Å². The summed E-state index contributed by atoms with van der Waals surface area (Å²) in [5.74, 6) is 0. The van der Waals surface area contributed by atoms with Gasteiger partial charge in [0, 0.05) is 17.1 Å². The molecule has 0 bridgehead atoms. The Hall–Kier alpha value is -1.96. The van der Waals surface area contributed by atoms with E-state index in [-0.39, 0.29) is 4.90 Å². The topological polar surface area (TPSA) is 89.3 Å². The highest BCUT2D eigenvalue weighted by Gasteiger charge is 2.26. The van der Waals surface area contributed by atoms with E-state index in [0.29, 0.717) is 10.6 Å². The molecule has 2 aromatic rings. The van der Waals surface area contributed by atoms with Crippen LogP contribution in [0.25, 0.3) is 0 Å². The summed E-state index contributed by atoms with van der Waals surface area (Å²) in [6.07, 6.45) is 0. The van der Waals surface area contributed by atoms with Crippen LogP contribution in [0.15, 0.2) is 53.4 Å². The van der Waals surface area contributed by atoms with Crippen LogP contribution in [-0.4, -0.2) is 13.3 Å². The van der Waals surface area contributed by atoms with Crippen molar-refractivity contribution in [2.24, 2.45) is 0 Å². The number of nitro benzene ring substituents is 1. The largest absolute Gasteiger partial charge is 0.289 e. The zero-order valence-corrected chi connectivity index (χ0v) is 13.1. The summed E-state index contributed by atoms with van der Waals surface area (Å²) < 4.78 is 27.2. The minimum absolute atomic E-state index is 0.360. The number of halogens is 1. The van der Waals surface area contributed by atoms with Crippen molar-refractivity contribution in [3.05, 3.63) is 69.2 Å². The Kier molecular flexibility index (Phi) is 4.80. The predicted molar refractivity (Wildman–Crippen MR) is 83.3 cm³/mol. The zero-order valence-electron chi connectivity index (χ0n) is 11.6. The van der Waals surface area contributed by atoms with Crippen molar-refractivity contribution >= 4 is 27.3 Å². The fraction of sp³-hybridized carbons (Fsp3) is 0.143. The van der Waals surface area contributed by atoms with Gasteiger partial charge in [-0.3, -0.25) is 10.1 Å². The summed E-state index contributed by atoms with van der Waals surface area (Å²) in [5, 5.41) is 11.5. The van der Waals surface area contributed by atoms with Crippen molar-refractivity contribution in [2.75, 3.05) is 0 Å². The predicted octanol–water partition coefficient (Wildman–Crippen LogP) is 3.29. The summed E-state index contributed by atoms with van der Waals surface area (Å²) in [6, 6.07) is 11.3. The van der Waals surface area contributed by atoms with E-state index in [1.165, 1.54) is 18.2 Å². The van der Waals surface area contributed by atoms with Crippen LogP contribution < -0.4 is 4.72 Å². The van der Waals surface area contributed by atoms with Crippen molar-refractivity contribution in [2.45, 2.75) is 17.9 Å². The molecule has 0 spiro atoms. The lowest BCUT2D eigenvalue weighted by molar-refractivity contribution is -0.387. The second-order valence-electron chi connectivity index (χ2n) is 4.62. The third kappa shape index (κ3) is 3.62. The van der Waals surface area contributed by atoms with Crippen molar-refractivity contribution in [3.8, 4) is 0 Å². The number of para-hydroxylation sites is 1. The first kappa shape index (κ1) is 16.4. The molecule has 0 aromatic heterocycles. The average molecular weight is 341 g/mol. The number of benzene rings is 2. The monoisotopic (exact) mass is 340 g/mol. The van der Waals surface area contributed by atoms with Crippen molar-refractivity contribution in [1.29, 1.82) is 0 Å². The lowest BCUT2D eigenvalue weighted by Crippen LogP contribution is -2.27. The first-order valence-corrected chi connectivity index (χ1v) is 8.18. The van der Waals surface area contributed by atoms with Gasteiger partial charge in [-0.25, -0.2) is 13.1 Å². The number of sulfonamides is 1. The molecule has 6 nitrogen and oxygen atoms in total. The van der Waals surface area contributed by atoms with Gasteiger partial charge in [0.15, 0.2) is 4.90 Å². The van der Waals surface area contributed by atoms with Gasteiger partial charge >= 0.3 is 0 Å². The Morgan fingerprint density at radius 1 is 1.14 bits per heavy atom. The van der Waals surface area contributed by atoms with E-state index in [1.807, 2.05) is 0 Å². The summed E-state index contributed by atoms with van der Waals surface area (Å²) in [5.41, 5.74) is 0.241. The molecule has 0 aliphatic carbocycles. The molecular weight excluding hydrogens is 328 g/mol. The molecule has 8 heteroatoms. The average Bonchev–Trinajstić information content (AvgIpc) is 2.47. The molecule has 1 atom stereocenters. The van der Waals surface area contributed by atoms with Crippen molar-refractivity contribution in [3.63, 3.8) is 0 Å². The fourth-order valence-electron chi connectivity index (χ4n) is 1.95. The smallest absolute Gasteiger partial charge is 0.258 e. The molecule has 1 unspecified atom stereocenters. The number of hydrogen-bond acceptors (Lipinski definition) is 4. The molecule has 2 rings (SSSR count). The quantitative estimate of drug-likeness (QED) is 0.668. The molecule has 116 valence electrons. The first-order chi connectivity index (χ1) is 10.3. The van der Waals surface area contributed by atoms with Crippen LogP contribution in [0.5, 0.6) is 0 Å². The molecule has 0 fully saturated rings. The van der Waals surface area contributed by atoms with Gasteiger partial charge in [-0.1, -0.05) is 35.9 Å². The van der Waals surface area contributed by atoms with E-state index in [9.17, 15) is 18.5 Å². The van der Waals surface area contributed by atoms with Gasteiger partial charge in [-0.05, 0) is 30.7 Å². The van der Waals surface area contributed by atoms with Gasteiger partial charge < -0.3 is 0 Å². The van der Waals surface area contributed by atoms with Crippen LogP contribution in [0, 0.1) is 10.1 Å². The summed E-state index contributed by atoms with van der Waals surface area (Å²) in [6.45, 7) is 1.65. The maximum Gasteiger partial charge on any atom is 0.289 e. The Morgan fingerprint density at radius 3 is 2.32 bits per heavy atom. The molecule has 1 N–H and O–H groups in total. The highest BCUT2D eigenvalue weighted by Crippen LogP contribution is 2.25. The molecule has 0 radical (unpaired) electrons. The van der Waals surface area contributed by atoms with Gasteiger partial charge in [-0.2, -0.15) is 0 Å². The molecule has 2 aromatic carbocycles. The molecule has 0 saturated heterocycles. The lowest BCUT2D eigenvalue weighted by Gasteiger charge is -2.14. The molecule has 22 heavy (non-hydrogen) atoms. The second kappa shape index (κ2) is 6.43. The normalized spacial score (nSPS) is 12.8.